The van der Waals surface area contributed by atoms with E-state index in [1.54, 1.807) is 0 Å². The summed E-state index contributed by atoms with van der Waals surface area (Å²) in [5.41, 5.74) is -0.754. The van der Waals surface area contributed by atoms with Crippen molar-refractivity contribution in [3.8, 4) is 0 Å². The highest BCUT2D eigenvalue weighted by Gasteiger charge is 2.29. The van der Waals surface area contributed by atoms with Crippen LogP contribution >= 0.6 is 0 Å². The van der Waals surface area contributed by atoms with Crippen LogP contribution in [0, 0.1) is 33.6 Å². The van der Waals surface area contributed by atoms with Crippen LogP contribution in [0.15, 0.2) is 12.1 Å². The highest BCUT2D eigenvalue weighted by molar-refractivity contribution is 5.63. The Morgan fingerprint density at radius 1 is 1.30 bits per heavy atom. The first-order valence-electron chi connectivity index (χ1n) is 6.78. The van der Waals surface area contributed by atoms with Crippen LogP contribution < -0.4 is 5.32 Å². The fraction of sp³-hybridized carbons (Fsp3) is 0.571. The van der Waals surface area contributed by atoms with Gasteiger partial charge in [0.25, 0.3) is 5.69 Å². The molecule has 4 nitrogen and oxygen atoms in total. The van der Waals surface area contributed by atoms with E-state index in [-0.39, 0.29) is 11.7 Å². The fourth-order valence-corrected chi connectivity index (χ4v) is 2.91. The Morgan fingerprint density at radius 2 is 2.00 bits per heavy atom. The molecule has 0 spiro atoms. The largest absolute Gasteiger partial charge is 0.374 e. The van der Waals surface area contributed by atoms with E-state index in [2.05, 4.69) is 12.2 Å². The lowest BCUT2D eigenvalue weighted by atomic mass is 9.80. The van der Waals surface area contributed by atoms with Crippen molar-refractivity contribution in [3.05, 3.63) is 33.9 Å². The van der Waals surface area contributed by atoms with Gasteiger partial charge in [-0.25, -0.2) is 8.78 Å². The third-order valence-corrected chi connectivity index (χ3v) is 3.99. The van der Waals surface area contributed by atoms with E-state index in [4.69, 9.17) is 0 Å². The zero-order valence-corrected chi connectivity index (χ0v) is 11.5. The van der Waals surface area contributed by atoms with E-state index in [1.807, 2.05) is 6.92 Å². The van der Waals surface area contributed by atoms with Crippen molar-refractivity contribution in [2.75, 3.05) is 5.32 Å². The third-order valence-electron chi connectivity index (χ3n) is 3.99. The molecule has 2 rings (SSSR count). The molecule has 20 heavy (non-hydrogen) atoms. The van der Waals surface area contributed by atoms with Crippen molar-refractivity contribution in [1.82, 2.24) is 0 Å². The lowest BCUT2D eigenvalue weighted by molar-refractivity contribution is -0.384. The molecule has 1 aromatic carbocycles. The summed E-state index contributed by atoms with van der Waals surface area (Å²) in [6.45, 7) is 4.20. The Hall–Kier alpha value is -1.72. The second-order valence-electron chi connectivity index (χ2n) is 5.69. The summed E-state index contributed by atoms with van der Waals surface area (Å²) in [6, 6.07) is 1.40. The first-order valence-corrected chi connectivity index (χ1v) is 6.78. The average Bonchev–Trinajstić information content (AvgIpc) is 2.34. The van der Waals surface area contributed by atoms with Crippen LogP contribution in [-0.4, -0.2) is 11.0 Å². The van der Waals surface area contributed by atoms with Crippen molar-refractivity contribution in [1.29, 1.82) is 0 Å². The number of rotatable bonds is 3. The normalized spacial score (nSPS) is 26.3. The van der Waals surface area contributed by atoms with Crippen molar-refractivity contribution in [2.45, 2.75) is 39.2 Å². The van der Waals surface area contributed by atoms with Crippen molar-refractivity contribution >= 4 is 11.4 Å². The van der Waals surface area contributed by atoms with Gasteiger partial charge < -0.3 is 5.32 Å². The Balaban J connectivity index is 2.27. The molecule has 0 saturated heterocycles. The van der Waals surface area contributed by atoms with Gasteiger partial charge in [0.15, 0.2) is 5.82 Å². The number of halogens is 2. The van der Waals surface area contributed by atoms with Crippen LogP contribution in [0.5, 0.6) is 0 Å². The number of nitrogens with zero attached hydrogens (tertiary/aromatic N) is 1. The third kappa shape index (κ3) is 3.05. The lowest BCUT2D eigenvalue weighted by Crippen LogP contribution is -2.33. The molecule has 0 radical (unpaired) electrons. The molecule has 1 aliphatic rings. The van der Waals surface area contributed by atoms with Crippen LogP contribution in [0.1, 0.15) is 33.1 Å². The Bertz CT molecular complexity index is 522. The maximum absolute atomic E-state index is 13.8. The van der Waals surface area contributed by atoms with Crippen LogP contribution in [0.4, 0.5) is 20.2 Å². The van der Waals surface area contributed by atoms with Gasteiger partial charge in [-0.2, -0.15) is 0 Å². The molecule has 1 aromatic rings. The highest BCUT2D eigenvalue weighted by atomic mass is 19.1. The maximum Gasteiger partial charge on any atom is 0.298 e. The summed E-state index contributed by atoms with van der Waals surface area (Å²) >= 11 is 0. The molecule has 3 unspecified atom stereocenters. The number of nitrogens with one attached hydrogen (secondary N) is 1. The van der Waals surface area contributed by atoms with Gasteiger partial charge in [0.1, 0.15) is 11.5 Å². The quantitative estimate of drug-likeness (QED) is 0.671. The summed E-state index contributed by atoms with van der Waals surface area (Å²) in [7, 11) is 0. The van der Waals surface area contributed by atoms with Gasteiger partial charge in [-0.05, 0) is 31.1 Å². The molecule has 1 saturated carbocycles. The highest BCUT2D eigenvalue weighted by Crippen LogP contribution is 2.35. The summed E-state index contributed by atoms with van der Waals surface area (Å²) < 4.78 is 26.9. The topological polar surface area (TPSA) is 55.2 Å². The Morgan fingerprint density at radius 3 is 2.60 bits per heavy atom. The maximum atomic E-state index is 13.8. The number of nitro groups is 1. The minimum atomic E-state index is -0.940. The average molecular weight is 284 g/mol. The van der Waals surface area contributed by atoms with Gasteiger partial charge in [-0.1, -0.05) is 13.8 Å². The molecule has 110 valence electrons. The lowest BCUT2D eigenvalue weighted by Gasteiger charge is -2.33. The number of benzene rings is 1. The predicted octanol–water partition coefficient (Wildman–Crippen LogP) is 4.11. The SMILES string of the molecule is CC1CCC(Nc2c(F)cc(F)cc2[N+](=O)[O-])C(C)C1. The van der Waals surface area contributed by atoms with Gasteiger partial charge in [-0.3, -0.25) is 10.1 Å². The number of anilines is 1. The molecule has 1 aliphatic carbocycles. The van der Waals surface area contributed by atoms with Gasteiger partial charge in [0, 0.05) is 12.1 Å². The van der Waals surface area contributed by atoms with Gasteiger partial charge in [-0.15, -0.1) is 0 Å². The van der Waals surface area contributed by atoms with Gasteiger partial charge >= 0.3 is 0 Å². The van der Waals surface area contributed by atoms with Crippen LogP contribution in [0.2, 0.25) is 0 Å². The standard InChI is InChI=1S/C14H18F2N2O2/c1-8-3-4-12(9(2)5-8)17-14-11(16)6-10(15)7-13(14)18(19)20/h6-9,12,17H,3-5H2,1-2H3. The fourth-order valence-electron chi connectivity index (χ4n) is 2.91. The molecule has 0 aromatic heterocycles. The van der Waals surface area contributed by atoms with Crippen LogP contribution in [0.3, 0.4) is 0 Å². The summed E-state index contributed by atoms with van der Waals surface area (Å²) in [6.07, 6.45) is 2.82. The summed E-state index contributed by atoms with van der Waals surface area (Å²) in [5.74, 6) is -0.952. The number of hydrogen-bond donors (Lipinski definition) is 1. The van der Waals surface area contributed by atoms with E-state index in [0.29, 0.717) is 17.9 Å². The summed E-state index contributed by atoms with van der Waals surface area (Å²) in [5, 5.41) is 13.8. The zero-order valence-electron chi connectivity index (χ0n) is 11.5. The molecule has 0 bridgehead atoms. The Kier molecular flexibility index (Phi) is 4.20. The van der Waals surface area contributed by atoms with Crippen molar-refractivity contribution in [2.24, 2.45) is 11.8 Å². The van der Waals surface area contributed by atoms with Crippen LogP contribution in [-0.2, 0) is 0 Å². The number of hydrogen-bond acceptors (Lipinski definition) is 3. The van der Waals surface area contributed by atoms with Crippen molar-refractivity contribution in [3.63, 3.8) is 0 Å². The smallest absolute Gasteiger partial charge is 0.298 e. The zero-order chi connectivity index (χ0) is 14.9. The minimum Gasteiger partial charge on any atom is -0.374 e. The minimum absolute atomic E-state index is 0.0233. The molecular formula is C14H18F2N2O2. The second-order valence-corrected chi connectivity index (χ2v) is 5.69. The van der Waals surface area contributed by atoms with E-state index in [0.717, 1.165) is 25.3 Å². The van der Waals surface area contributed by atoms with E-state index in [9.17, 15) is 18.9 Å². The molecule has 0 amide bonds. The second kappa shape index (κ2) is 5.73. The van der Waals surface area contributed by atoms with Gasteiger partial charge in [0.2, 0.25) is 0 Å². The molecule has 0 aliphatic heterocycles. The molecular weight excluding hydrogens is 266 g/mol. The predicted molar refractivity (Wildman–Crippen MR) is 72.6 cm³/mol. The summed E-state index contributed by atoms with van der Waals surface area (Å²) in [4.78, 5) is 10.2. The molecule has 6 heteroatoms. The Labute approximate surface area is 116 Å². The van der Waals surface area contributed by atoms with E-state index in [1.165, 1.54) is 0 Å². The number of nitro benzene ring substituents is 1. The van der Waals surface area contributed by atoms with E-state index < -0.39 is 22.2 Å². The van der Waals surface area contributed by atoms with Crippen molar-refractivity contribution < 1.29 is 13.7 Å². The first kappa shape index (κ1) is 14.7. The molecule has 0 heterocycles. The molecule has 3 atom stereocenters. The van der Waals surface area contributed by atoms with Crippen LogP contribution in [0.25, 0.3) is 0 Å². The first-order chi connectivity index (χ1) is 9.38. The molecule has 1 fully saturated rings. The van der Waals surface area contributed by atoms with E-state index >= 15 is 0 Å². The monoisotopic (exact) mass is 284 g/mol. The molecule has 1 N–H and O–H groups in total. The van der Waals surface area contributed by atoms with Gasteiger partial charge in [0.05, 0.1) is 11.0 Å².